The molecule has 2 N–H and O–H groups in total. The molecule has 0 aliphatic rings. The minimum absolute atomic E-state index is 0.457. The zero-order valence-electron chi connectivity index (χ0n) is 7.55. The van der Waals surface area contributed by atoms with Gasteiger partial charge in [0.25, 0.3) is 11.0 Å². The van der Waals surface area contributed by atoms with E-state index in [1.165, 1.54) is 0 Å². The molecule has 1 aromatic rings. The summed E-state index contributed by atoms with van der Waals surface area (Å²) >= 11 is 0. The number of hydrogen-bond donors (Lipinski definition) is 2. The summed E-state index contributed by atoms with van der Waals surface area (Å²) < 4.78 is 25.0. The van der Waals surface area contributed by atoms with E-state index in [1.807, 2.05) is 12.1 Å². The van der Waals surface area contributed by atoms with Crippen LogP contribution in [0, 0.1) is 6.92 Å². The molecule has 1 atom stereocenters. The lowest BCUT2D eigenvalue weighted by Gasteiger charge is -2.08. The van der Waals surface area contributed by atoms with Crippen molar-refractivity contribution in [1.82, 2.24) is 0 Å². The SMILES string of the molecule is [CH2]C(O[SH](=O)=O)c1ccc(CN)cc1. The van der Waals surface area contributed by atoms with E-state index in [2.05, 4.69) is 11.1 Å². The number of hydrogen-bond acceptors (Lipinski definition) is 4. The number of benzene rings is 1. The molecule has 1 rings (SSSR count). The Morgan fingerprint density at radius 2 is 1.93 bits per heavy atom. The highest BCUT2D eigenvalue weighted by Gasteiger charge is 2.06. The van der Waals surface area contributed by atoms with Crippen LogP contribution in [0.1, 0.15) is 17.2 Å². The fourth-order valence-electron chi connectivity index (χ4n) is 1.03. The summed E-state index contributed by atoms with van der Waals surface area (Å²) in [5.74, 6) is 0. The van der Waals surface area contributed by atoms with Gasteiger partial charge in [-0.1, -0.05) is 24.3 Å². The van der Waals surface area contributed by atoms with Crippen molar-refractivity contribution in [2.75, 3.05) is 0 Å². The van der Waals surface area contributed by atoms with Gasteiger partial charge in [-0.2, -0.15) is 0 Å². The maximum Gasteiger partial charge on any atom is 0.257 e. The summed E-state index contributed by atoms with van der Waals surface area (Å²) in [6.45, 7) is 4.02. The highest BCUT2D eigenvalue weighted by atomic mass is 32.2. The lowest BCUT2D eigenvalue weighted by Crippen LogP contribution is -2.00. The van der Waals surface area contributed by atoms with Gasteiger partial charge in [-0.3, -0.25) is 4.18 Å². The molecule has 0 amide bonds. The second-order valence-corrected chi connectivity index (χ2v) is 3.42. The van der Waals surface area contributed by atoms with Crippen molar-refractivity contribution < 1.29 is 12.6 Å². The molecule has 0 fully saturated rings. The summed E-state index contributed by atoms with van der Waals surface area (Å²) in [4.78, 5) is 0. The average molecular weight is 214 g/mol. The Bertz CT molecular complexity index is 351. The van der Waals surface area contributed by atoms with Crippen molar-refractivity contribution >= 4 is 11.0 Å². The van der Waals surface area contributed by atoms with E-state index in [4.69, 9.17) is 5.73 Å². The van der Waals surface area contributed by atoms with E-state index >= 15 is 0 Å². The predicted octanol–water partition coefficient (Wildman–Crippen LogP) is 0.563. The highest BCUT2D eigenvalue weighted by molar-refractivity contribution is 7.67. The molecule has 0 saturated heterocycles. The molecule has 0 spiro atoms. The Labute approximate surface area is 84.8 Å². The van der Waals surface area contributed by atoms with Crippen LogP contribution in [0.5, 0.6) is 0 Å². The van der Waals surface area contributed by atoms with Crippen LogP contribution >= 0.6 is 0 Å². The van der Waals surface area contributed by atoms with Gasteiger partial charge in [0.05, 0.1) is 0 Å². The maximum atomic E-state index is 10.3. The van der Waals surface area contributed by atoms with E-state index in [-0.39, 0.29) is 0 Å². The fraction of sp³-hybridized carbons (Fsp3) is 0.222. The van der Waals surface area contributed by atoms with Crippen molar-refractivity contribution in [3.05, 3.63) is 42.3 Å². The normalized spacial score (nSPS) is 13.1. The smallest absolute Gasteiger partial charge is 0.257 e. The molecule has 0 aliphatic heterocycles. The predicted molar refractivity (Wildman–Crippen MR) is 53.8 cm³/mol. The van der Waals surface area contributed by atoms with Crippen molar-refractivity contribution in [3.8, 4) is 0 Å². The Hall–Kier alpha value is -0.910. The van der Waals surface area contributed by atoms with Crippen LogP contribution in [-0.4, -0.2) is 8.42 Å². The van der Waals surface area contributed by atoms with Gasteiger partial charge in [-0.25, -0.2) is 8.42 Å². The topological polar surface area (TPSA) is 69.4 Å². The monoisotopic (exact) mass is 214 g/mol. The summed E-state index contributed by atoms with van der Waals surface area (Å²) in [5, 5.41) is 0. The second kappa shape index (κ2) is 5.09. The van der Waals surface area contributed by atoms with Gasteiger partial charge < -0.3 is 5.73 Å². The first kappa shape index (κ1) is 11.2. The van der Waals surface area contributed by atoms with Gasteiger partial charge in [-0.05, 0) is 18.1 Å². The second-order valence-electron chi connectivity index (χ2n) is 2.76. The van der Waals surface area contributed by atoms with Gasteiger partial charge in [-0.15, -0.1) is 0 Å². The van der Waals surface area contributed by atoms with E-state index in [0.717, 1.165) is 5.56 Å². The van der Waals surface area contributed by atoms with Gasteiger partial charge in [0.2, 0.25) is 0 Å². The summed E-state index contributed by atoms with van der Waals surface area (Å²) in [6, 6.07) is 7.13. The molecule has 0 aromatic heterocycles. The van der Waals surface area contributed by atoms with Crippen LogP contribution in [0.25, 0.3) is 0 Å². The third-order valence-electron chi connectivity index (χ3n) is 1.80. The minimum Gasteiger partial charge on any atom is -0.326 e. The quantitative estimate of drug-likeness (QED) is 0.719. The van der Waals surface area contributed by atoms with Crippen molar-refractivity contribution in [2.45, 2.75) is 12.6 Å². The van der Waals surface area contributed by atoms with Crippen molar-refractivity contribution in [3.63, 3.8) is 0 Å². The largest absolute Gasteiger partial charge is 0.326 e. The first-order valence-electron chi connectivity index (χ1n) is 4.06. The number of nitrogens with two attached hydrogens (primary N) is 1. The molecule has 1 radical (unpaired) electrons. The molecule has 1 aromatic carbocycles. The standard InChI is InChI=1S/C9H12NO3S/c1-7(13-14(11)12)9-4-2-8(6-10)3-5-9/h2-5,7,14H,1,6,10H2. The van der Waals surface area contributed by atoms with E-state index < -0.39 is 17.1 Å². The van der Waals surface area contributed by atoms with Crippen LogP contribution in [0.3, 0.4) is 0 Å². The van der Waals surface area contributed by atoms with Gasteiger partial charge in [0.15, 0.2) is 0 Å². The molecule has 4 nitrogen and oxygen atoms in total. The fourth-order valence-corrected chi connectivity index (χ4v) is 1.36. The molecular formula is C9H12NO3S. The molecule has 0 saturated carbocycles. The number of rotatable bonds is 4. The zero-order valence-corrected chi connectivity index (χ0v) is 8.44. The zero-order chi connectivity index (χ0) is 10.6. The van der Waals surface area contributed by atoms with Crippen LogP contribution in [0.2, 0.25) is 0 Å². The molecule has 5 heteroatoms. The molecule has 0 bridgehead atoms. The average Bonchev–Trinajstić information content (AvgIpc) is 2.17. The Morgan fingerprint density at radius 3 is 2.36 bits per heavy atom. The Balaban J connectivity index is 2.75. The van der Waals surface area contributed by atoms with Crippen LogP contribution < -0.4 is 5.73 Å². The third-order valence-corrected chi connectivity index (χ3v) is 2.23. The van der Waals surface area contributed by atoms with Crippen LogP contribution in [0.4, 0.5) is 0 Å². The summed E-state index contributed by atoms with van der Waals surface area (Å²) in [7, 11) is -2.86. The molecular weight excluding hydrogens is 202 g/mol. The van der Waals surface area contributed by atoms with Crippen molar-refractivity contribution in [1.29, 1.82) is 0 Å². The van der Waals surface area contributed by atoms with E-state index in [1.54, 1.807) is 12.1 Å². The summed E-state index contributed by atoms with van der Waals surface area (Å²) in [6.07, 6.45) is -0.692. The maximum absolute atomic E-state index is 10.3. The molecule has 0 aliphatic carbocycles. The van der Waals surface area contributed by atoms with Crippen LogP contribution in [-0.2, 0) is 21.7 Å². The van der Waals surface area contributed by atoms with E-state index in [9.17, 15) is 8.42 Å². The lowest BCUT2D eigenvalue weighted by molar-refractivity contribution is 0.271. The molecule has 0 heterocycles. The van der Waals surface area contributed by atoms with Gasteiger partial charge >= 0.3 is 0 Å². The summed E-state index contributed by atoms with van der Waals surface area (Å²) in [5.41, 5.74) is 7.10. The first-order valence-corrected chi connectivity index (χ1v) is 5.16. The lowest BCUT2D eigenvalue weighted by atomic mass is 10.1. The Kier molecular flexibility index (Phi) is 4.06. The molecule has 1 unspecified atom stereocenters. The molecule has 77 valence electrons. The number of thiol groups is 1. The van der Waals surface area contributed by atoms with Gasteiger partial charge in [0, 0.05) is 6.54 Å². The Morgan fingerprint density at radius 1 is 1.36 bits per heavy atom. The van der Waals surface area contributed by atoms with Crippen LogP contribution in [0.15, 0.2) is 24.3 Å². The first-order chi connectivity index (χ1) is 6.63. The minimum atomic E-state index is -2.86. The highest BCUT2D eigenvalue weighted by Crippen LogP contribution is 2.16. The van der Waals surface area contributed by atoms with E-state index in [0.29, 0.717) is 12.1 Å². The third kappa shape index (κ3) is 3.10. The van der Waals surface area contributed by atoms with Gasteiger partial charge in [0.1, 0.15) is 6.10 Å². The van der Waals surface area contributed by atoms with Crippen molar-refractivity contribution in [2.24, 2.45) is 5.73 Å². The molecule has 14 heavy (non-hydrogen) atoms.